The van der Waals surface area contributed by atoms with Crippen LogP contribution in [0.1, 0.15) is 31.9 Å². The summed E-state index contributed by atoms with van der Waals surface area (Å²) < 4.78 is 0. The van der Waals surface area contributed by atoms with Crippen molar-refractivity contribution in [1.29, 1.82) is 0 Å². The predicted octanol–water partition coefficient (Wildman–Crippen LogP) is 1.80. The van der Waals surface area contributed by atoms with Gasteiger partial charge in [-0.1, -0.05) is 12.1 Å². The molecule has 0 radical (unpaired) electrons. The van der Waals surface area contributed by atoms with Gasteiger partial charge >= 0.3 is 0 Å². The van der Waals surface area contributed by atoms with E-state index in [4.69, 9.17) is 10.9 Å². The molecular formula is C13H20N4O. The Morgan fingerprint density at radius 1 is 1.44 bits per heavy atom. The Hall–Kier alpha value is -1.78. The summed E-state index contributed by atoms with van der Waals surface area (Å²) in [5.41, 5.74) is 7.10. The van der Waals surface area contributed by atoms with E-state index in [-0.39, 0.29) is 5.84 Å². The van der Waals surface area contributed by atoms with Crippen molar-refractivity contribution in [2.75, 3.05) is 18.0 Å². The first-order valence-corrected chi connectivity index (χ1v) is 6.39. The predicted molar refractivity (Wildman–Crippen MR) is 72.0 cm³/mol. The van der Waals surface area contributed by atoms with Crippen LogP contribution in [0.5, 0.6) is 0 Å². The van der Waals surface area contributed by atoms with Crippen molar-refractivity contribution in [3.05, 3.63) is 24.0 Å². The van der Waals surface area contributed by atoms with Gasteiger partial charge in [-0.2, -0.15) is 0 Å². The maximum Gasteiger partial charge on any atom is 0.188 e. The number of rotatable bonds is 2. The van der Waals surface area contributed by atoms with Gasteiger partial charge < -0.3 is 15.8 Å². The van der Waals surface area contributed by atoms with Crippen LogP contribution in [0.25, 0.3) is 0 Å². The van der Waals surface area contributed by atoms with Gasteiger partial charge in [0, 0.05) is 13.1 Å². The summed E-state index contributed by atoms with van der Waals surface area (Å²) in [6.45, 7) is 4.46. The highest BCUT2D eigenvalue weighted by molar-refractivity contribution is 5.95. The monoisotopic (exact) mass is 248 g/mol. The maximum atomic E-state index is 8.59. The Morgan fingerprint density at radius 2 is 2.28 bits per heavy atom. The minimum absolute atomic E-state index is 0.0473. The molecule has 1 aromatic heterocycles. The molecular weight excluding hydrogens is 228 g/mol. The molecule has 1 unspecified atom stereocenters. The second-order valence-corrected chi connectivity index (χ2v) is 4.91. The van der Waals surface area contributed by atoms with Crippen molar-refractivity contribution in [2.24, 2.45) is 16.8 Å². The molecule has 0 bridgehead atoms. The third kappa shape index (κ3) is 2.91. The number of pyridine rings is 1. The number of nitrogens with zero attached hydrogens (tertiary/aromatic N) is 3. The number of aromatic nitrogens is 1. The summed E-state index contributed by atoms with van der Waals surface area (Å²) in [6.07, 6.45) is 5.54. The van der Waals surface area contributed by atoms with Gasteiger partial charge in [-0.3, -0.25) is 4.98 Å². The van der Waals surface area contributed by atoms with Crippen LogP contribution in [0, 0.1) is 5.92 Å². The number of anilines is 1. The lowest BCUT2D eigenvalue weighted by atomic mass is 10.0. The van der Waals surface area contributed by atoms with E-state index in [0.717, 1.165) is 24.7 Å². The molecule has 1 aromatic rings. The Kier molecular flexibility index (Phi) is 4.02. The standard InChI is InChI=1S/C13H20N4O/c1-10-3-2-7-17(8-6-10)11-4-5-12(15-9-11)13(14)16-18/h4-5,9-10,18H,2-3,6-8H2,1H3,(H2,14,16). The molecule has 1 aliphatic heterocycles. The molecule has 5 heteroatoms. The molecule has 2 heterocycles. The van der Waals surface area contributed by atoms with Gasteiger partial charge in [-0.25, -0.2) is 0 Å². The third-order valence-electron chi connectivity index (χ3n) is 3.50. The molecule has 98 valence electrons. The lowest BCUT2D eigenvalue weighted by Gasteiger charge is -2.22. The number of nitrogens with two attached hydrogens (primary N) is 1. The molecule has 5 nitrogen and oxygen atoms in total. The highest BCUT2D eigenvalue weighted by atomic mass is 16.4. The Bertz CT molecular complexity index is 416. The average molecular weight is 248 g/mol. The fraction of sp³-hybridized carbons (Fsp3) is 0.538. The second-order valence-electron chi connectivity index (χ2n) is 4.91. The molecule has 0 saturated carbocycles. The van der Waals surface area contributed by atoms with Crippen LogP contribution in [0.4, 0.5) is 5.69 Å². The summed E-state index contributed by atoms with van der Waals surface area (Å²) >= 11 is 0. The Labute approximate surface area is 107 Å². The first kappa shape index (κ1) is 12.7. The number of oxime groups is 1. The average Bonchev–Trinajstić information content (AvgIpc) is 2.63. The molecule has 1 fully saturated rings. The minimum atomic E-state index is 0.0473. The fourth-order valence-corrected chi connectivity index (χ4v) is 2.30. The van der Waals surface area contributed by atoms with Gasteiger partial charge in [0.25, 0.3) is 0 Å². The van der Waals surface area contributed by atoms with Crippen molar-refractivity contribution in [3.63, 3.8) is 0 Å². The summed E-state index contributed by atoms with van der Waals surface area (Å²) in [4.78, 5) is 6.57. The highest BCUT2D eigenvalue weighted by Crippen LogP contribution is 2.21. The van der Waals surface area contributed by atoms with E-state index in [1.165, 1.54) is 19.3 Å². The van der Waals surface area contributed by atoms with Gasteiger partial charge in [0.2, 0.25) is 0 Å². The molecule has 1 saturated heterocycles. The normalized spacial score (nSPS) is 21.7. The molecule has 1 aliphatic rings. The van der Waals surface area contributed by atoms with Crippen LogP contribution in [0.15, 0.2) is 23.5 Å². The smallest absolute Gasteiger partial charge is 0.188 e. The van der Waals surface area contributed by atoms with Gasteiger partial charge in [0.05, 0.1) is 11.9 Å². The highest BCUT2D eigenvalue weighted by Gasteiger charge is 2.14. The van der Waals surface area contributed by atoms with Crippen LogP contribution in [-0.2, 0) is 0 Å². The van der Waals surface area contributed by atoms with E-state index in [1.54, 1.807) is 12.3 Å². The molecule has 2 rings (SSSR count). The van der Waals surface area contributed by atoms with Crippen molar-refractivity contribution in [1.82, 2.24) is 4.98 Å². The molecule has 3 N–H and O–H groups in total. The Morgan fingerprint density at radius 3 is 2.94 bits per heavy atom. The van der Waals surface area contributed by atoms with Crippen LogP contribution in [-0.4, -0.2) is 29.1 Å². The van der Waals surface area contributed by atoms with E-state index in [0.29, 0.717) is 5.69 Å². The zero-order chi connectivity index (χ0) is 13.0. The maximum absolute atomic E-state index is 8.59. The second kappa shape index (κ2) is 5.71. The van der Waals surface area contributed by atoms with Gasteiger partial charge in [0.1, 0.15) is 5.69 Å². The summed E-state index contributed by atoms with van der Waals surface area (Å²) in [6, 6.07) is 3.77. The van der Waals surface area contributed by atoms with Gasteiger partial charge in [-0.05, 0) is 37.3 Å². The van der Waals surface area contributed by atoms with Crippen molar-refractivity contribution in [2.45, 2.75) is 26.2 Å². The third-order valence-corrected chi connectivity index (χ3v) is 3.50. The van der Waals surface area contributed by atoms with Gasteiger partial charge in [-0.15, -0.1) is 0 Å². The molecule has 1 atom stereocenters. The lowest BCUT2D eigenvalue weighted by Crippen LogP contribution is -2.24. The summed E-state index contributed by atoms with van der Waals surface area (Å²) in [7, 11) is 0. The number of amidine groups is 1. The Balaban J connectivity index is 2.09. The van der Waals surface area contributed by atoms with E-state index in [2.05, 4.69) is 22.0 Å². The number of hydrogen-bond acceptors (Lipinski definition) is 4. The molecule has 0 amide bonds. The first-order chi connectivity index (χ1) is 8.70. The minimum Gasteiger partial charge on any atom is -0.409 e. The topological polar surface area (TPSA) is 74.7 Å². The van der Waals surface area contributed by atoms with Crippen LogP contribution < -0.4 is 10.6 Å². The van der Waals surface area contributed by atoms with E-state index in [1.807, 2.05) is 6.07 Å². The first-order valence-electron chi connectivity index (χ1n) is 6.39. The van der Waals surface area contributed by atoms with E-state index in [9.17, 15) is 0 Å². The van der Waals surface area contributed by atoms with Crippen LogP contribution >= 0.6 is 0 Å². The van der Waals surface area contributed by atoms with Gasteiger partial charge in [0.15, 0.2) is 5.84 Å². The summed E-state index contributed by atoms with van der Waals surface area (Å²) in [5.74, 6) is 0.852. The molecule has 18 heavy (non-hydrogen) atoms. The van der Waals surface area contributed by atoms with Crippen LogP contribution in [0.2, 0.25) is 0 Å². The molecule has 0 aromatic carbocycles. The molecule has 0 spiro atoms. The largest absolute Gasteiger partial charge is 0.409 e. The van der Waals surface area contributed by atoms with Crippen molar-refractivity contribution in [3.8, 4) is 0 Å². The fourth-order valence-electron chi connectivity index (χ4n) is 2.30. The zero-order valence-corrected chi connectivity index (χ0v) is 10.7. The van der Waals surface area contributed by atoms with E-state index < -0.39 is 0 Å². The lowest BCUT2D eigenvalue weighted by molar-refractivity contribution is 0.318. The molecule has 0 aliphatic carbocycles. The zero-order valence-electron chi connectivity index (χ0n) is 10.7. The quantitative estimate of drug-likeness (QED) is 0.362. The van der Waals surface area contributed by atoms with E-state index >= 15 is 0 Å². The van der Waals surface area contributed by atoms with Crippen molar-refractivity contribution < 1.29 is 5.21 Å². The number of hydrogen-bond donors (Lipinski definition) is 2. The van der Waals surface area contributed by atoms with Crippen LogP contribution in [0.3, 0.4) is 0 Å². The van der Waals surface area contributed by atoms with Crippen molar-refractivity contribution >= 4 is 11.5 Å². The SMILES string of the molecule is CC1CCCN(c2ccc(/C(N)=N/O)nc2)CC1. The summed E-state index contributed by atoms with van der Waals surface area (Å²) in [5, 5.41) is 11.5.